The van der Waals surface area contributed by atoms with Gasteiger partial charge in [0.05, 0.1) is 0 Å². The van der Waals surface area contributed by atoms with Crippen molar-refractivity contribution in [3.05, 3.63) is 34.9 Å². The van der Waals surface area contributed by atoms with Gasteiger partial charge in [0.1, 0.15) is 5.60 Å². The largest absolute Gasteiger partial charge is 0.444 e. The number of piperidine rings is 1. The highest BCUT2D eigenvalue weighted by atomic mass is 16.6. The molecule has 0 saturated carbocycles. The fourth-order valence-corrected chi connectivity index (χ4v) is 3.42. The molecule has 6 nitrogen and oxygen atoms in total. The van der Waals surface area contributed by atoms with Crippen molar-refractivity contribution in [2.24, 2.45) is 0 Å². The number of Topliss-reactive ketones (excluding diaryl/α,β-unsaturated/α-hetero) is 1. The van der Waals surface area contributed by atoms with Gasteiger partial charge >= 0.3 is 6.09 Å². The molecule has 0 spiro atoms. The maximum atomic E-state index is 12.5. The van der Waals surface area contributed by atoms with Crippen LogP contribution < -0.4 is 0 Å². The highest BCUT2D eigenvalue weighted by Gasteiger charge is 2.30. The topological polar surface area (TPSA) is 66.9 Å². The van der Waals surface area contributed by atoms with E-state index < -0.39 is 5.60 Å². The zero-order valence-electron chi connectivity index (χ0n) is 18.6. The fraction of sp³-hybridized carbons (Fsp3) is 0.609. The summed E-state index contributed by atoms with van der Waals surface area (Å²) in [5.41, 5.74) is 2.37. The SMILES string of the molecule is Cc1ccc(C(=O)CCC(=O)N2CCC(N(C)C(=O)OC(C)(C)C)CC2)cc1C. The van der Waals surface area contributed by atoms with Gasteiger partial charge in [-0.1, -0.05) is 12.1 Å². The Morgan fingerprint density at radius 2 is 1.69 bits per heavy atom. The molecule has 1 aromatic rings. The number of aryl methyl sites for hydroxylation is 2. The average molecular weight is 403 g/mol. The normalized spacial score (nSPS) is 15.2. The Hall–Kier alpha value is -2.37. The Labute approximate surface area is 174 Å². The van der Waals surface area contributed by atoms with Crippen LogP contribution >= 0.6 is 0 Å². The summed E-state index contributed by atoms with van der Waals surface area (Å²) in [6.07, 6.45) is 1.54. The quantitative estimate of drug-likeness (QED) is 0.695. The van der Waals surface area contributed by atoms with E-state index in [1.54, 1.807) is 16.8 Å². The fourth-order valence-electron chi connectivity index (χ4n) is 3.42. The minimum Gasteiger partial charge on any atom is -0.444 e. The van der Waals surface area contributed by atoms with Crippen LogP contribution in [0, 0.1) is 13.8 Å². The second-order valence-corrected chi connectivity index (χ2v) is 8.93. The predicted molar refractivity (Wildman–Crippen MR) is 113 cm³/mol. The summed E-state index contributed by atoms with van der Waals surface area (Å²) in [4.78, 5) is 40.6. The maximum Gasteiger partial charge on any atom is 0.410 e. The summed E-state index contributed by atoms with van der Waals surface area (Å²) in [6.45, 7) is 10.7. The van der Waals surface area contributed by atoms with Crippen molar-refractivity contribution >= 4 is 17.8 Å². The number of ether oxygens (including phenoxy) is 1. The first-order valence-electron chi connectivity index (χ1n) is 10.3. The van der Waals surface area contributed by atoms with Crippen LogP contribution in [0.25, 0.3) is 0 Å². The number of ketones is 1. The molecule has 0 radical (unpaired) electrons. The minimum absolute atomic E-state index is 0.000514. The number of amides is 2. The van der Waals surface area contributed by atoms with Crippen molar-refractivity contribution in [1.82, 2.24) is 9.80 Å². The molecule has 1 saturated heterocycles. The highest BCUT2D eigenvalue weighted by molar-refractivity contribution is 5.98. The van der Waals surface area contributed by atoms with Crippen molar-refractivity contribution in [2.75, 3.05) is 20.1 Å². The third-order valence-electron chi connectivity index (χ3n) is 5.44. The van der Waals surface area contributed by atoms with Crippen LogP contribution in [0.4, 0.5) is 4.79 Å². The van der Waals surface area contributed by atoms with Gasteiger partial charge in [-0.15, -0.1) is 0 Å². The number of likely N-dealkylation sites (tertiary alicyclic amines) is 1. The van der Waals surface area contributed by atoms with Crippen molar-refractivity contribution < 1.29 is 19.1 Å². The van der Waals surface area contributed by atoms with E-state index in [9.17, 15) is 14.4 Å². The minimum atomic E-state index is -0.523. The van der Waals surface area contributed by atoms with E-state index in [1.165, 1.54) is 0 Å². The highest BCUT2D eigenvalue weighted by Crippen LogP contribution is 2.20. The van der Waals surface area contributed by atoms with E-state index in [0.717, 1.165) is 11.1 Å². The number of benzene rings is 1. The van der Waals surface area contributed by atoms with E-state index in [-0.39, 0.29) is 36.7 Å². The standard InChI is InChI=1S/C23H34N2O4/c1-16-7-8-18(15-17(16)2)20(26)9-10-21(27)25-13-11-19(12-14-25)24(6)22(28)29-23(3,4)5/h7-8,15,19H,9-14H2,1-6H3. The Kier molecular flexibility index (Phi) is 7.44. The number of hydrogen-bond acceptors (Lipinski definition) is 4. The van der Waals surface area contributed by atoms with Gasteiger partial charge in [0, 0.05) is 44.6 Å². The molecule has 160 valence electrons. The molecular formula is C23H34N2O4. The molecule has 1 aliphatic rings. The third kappa shape index (κ3) is 6.58. The molecule has 0 aliphatic carbocycles. The van der Waals surface area contributed by atoms with Crippen LogP contribution in [0.3, 0.4) is 0 Å². The molecule has 0 bridgehead atoms. The van der Waals surface area contributed by atoms with Crippen LogP contribution in [0.2, 0.25) is 0 Å². The Morgan fingerprint density at radius 3 is 2.24 bits per heavy atom. The summed E-state index contributed by atoms with van der Waals surface area (Å²) in [6, 6.07) is 5.72. The lowest BCUT2D eigenvalue weighted by Gasteiger charge is -2.37. The van der Waals surface area contributed by atoms with E-state index in [2.05, 4.69) is 0 Å². The van der Waals surface area contributed by atoms with E-state index >= 15 is 0 Å². The predicted octanol–water partition coefficient (Wildman–Crippen LogP) is 4.12. The molecule has 1 fully saturated rings. The zero-order valence-corrected chi connectivity index (χ0v) is 18.6. The first-order valence-corrected chi connectivity index (χ1v) is 10.3. The number of hydrogen-bond donors (Lipinski definition) is 0. The van der Waals surface area contributed by atoms with Gasteiger partial charge in [-0.25, -0.2) is 4.79 Å². The van der Waals surface area contributed by atoms with Crippen molar-refractivity contribution in [3.8, 4) is 0 Å². The van der Waals surface area contributed by atoms with Crippen LogP contribution in [0.1, 0.15) is 67.9 Å². The number of nitrogens with zero attached hydrogens (tertiary/aromatic N) is 2. The lowest BCUT2D eigenvalue weighted by atomic mass is 10.00. The lowest BCUT2D eigenvalue weighted by molar-refractivity contribution is -0.132. The molecule has 1 aliphatic heterocycles. The number of carbonyl (C=O) groups is 3. The molecule has 2 rings (SSSR count). The number of carbonyl (C=O) groups excluding carboxylic acids is 3. The second-order valence-electron chi connectivity index (χ2n) is 8.93. The summed E-state index contributed by atoms with van der Waals surface area (Å²) in [5.74, 6) is 0.00143. The first kappa shape index (κ1) is 22.9. The molecule has 1 aromatic carbocycles. The summed E-state index contributed by atoms with van der Waals surface area (Å²) < 4.78 is 5.42. The van der Waals surface area contributed by atoms with Crippen LogP contribution in [0.5, 0.6) is 0 Å². The second kappa shape index (κ2) is 9.42. The summed E-state index contributed by atoms with van der Waals surface area (Å²) >= 11 is 0. The van der Waals surface area contributed by atoms with Crippen LogP contribution in [0.15, 0.2) is 18.2 Å². The molecule has 0 atom stereocenters. The van der Waals surface area contributed by atoms with Gasteiger partial charge in [-0.05, 0) is 64.7 Å². The van der Waals surface area contributed by atoms with Gasteiger partial charge in [-0.2, -0.15) is 0 Å². The summed E-state index contributed by atoms with van der Waals surface area (Å²) in [5, 5.41) is 0. The smallest absolute Gasteiger partial charge is 0.410 e. The molecule has 1 heterocycles. The monoisotopic (exact) mass is 402 g/mol. The average Bonchev–Trinajstić information content (AvgIpc) is 2.66. The first-order chi connectivity index (χ1) is 13.5. The third-order valence-corrected chi connectivity index (χ3v) is 5.44. The van der Waals surface area contributed by atoms with Crippen molar-refractivity contribution in [1.29, 1.82) is 0 Å². The Morgan fingerprint density at radius 1 is 1.07 bits per heavy atom. The van der Waals surface area contributed by atoms with Gasteiger partial charge in [0.2, 0.25) is 5.91 Å². The molecule has 29 heavy (non-hydrogen) atoms. The van der Waals surface area contributed by atoms with Gasteiger partial charge in [0.25, 0.3) is 0 Å². The number of rotatable bonds is 5. The van der Waals surface area contributed by atoms with Crippen molar-refractivity contribution in [2.45, 2.75) is 71.9 Å². The molecule has 0 unspecified atom stereocenters. The lowest BCUT2D eigenvalue weighted by Crippen LogP contribution is -2.48. The Bertz CT molecular complexity index is 759. The maximum absolute atomic E-state index is 12.5. The van der Waals surface area contributed by atoms with Gasteiger partial charge < -0.3 is 14.5 Å². The molecule has 6 heteroatoms. The van der Waals surface area contributed by atoms with Crippen molar-refractivity contribution in [3.63, 3.8) is 0 Å². The Balaban J connectivity index is 1.80. The van der Waals surface area contributed by atoms with E-state index in [0.29, 0.717) is 31.5 Å². The van der Waals surface area contributed by atoms with Crippen LogP contribution in [-0.4, -0.2) is 59.4 Å². The molecular weight excluding hydrogens is 368 g/mol. The van der Waals surface area contributed by atoms with E-state index in [1.807, 2.05) is 52.8 Å². The van der Waals surface area contributed by atoms with E-state index in [4.69, 9.17) is 4.74 Å². The van der Waals surface area contributed by atoms with Gasteiger partial charge in [-0.3, -0.25) is 9.59 Å². The molecule has 0 aromatic heterocycles. The zero-order chi connectivity index (χ0) is 21.8. The van der Waals surface area contributed by atoms with Crippen LogP contribution in [-0.2, 0) is 9.53 Å². The molecule has 0 N–H and O–H groups in total. The van der Waals surface area contributed by atoms with Gasteiger partial charge in [0.15, 0.2) is 5.78 Å². The summed E-state index contributed by atoms with van der Waals surface area (Å²) in [7, 11) is 1.75. The molecule has 2 amide bonds.